The van der Waals surface area contributed by atoms with Crippen LogP contribution in [-0.2, 0) is 4.74 Å². The monoisotopic (exact) mass is 379 g/mol. The standard InChI is InChI=1S/C20H21N5O3/c26-19(17-13-25-10-2-1-5-18(25)24-17)22-14-6-8-15(9-7-14)23-20(27)21-12-16-4-3-11-28-16/h1-2,5-10,13,16H,3-4,11-12H2,(H,22,26)(H2,21,23,27). The number of nitrogens with one attached hydrogen (secondary N) is 3. The second-order valence-corrected chi connectivity index (χ2v) is 6.59. The Labute approximate surface area is 161 Å². The minimum absolute atomic E-state index is 0.1000. The largest absolute Gasteiger partial charge is 0.376 e. The molecule has 0 saturated carbocycles. The van der Waals surface area contributed by atoms with Crippen LogP contribution in [0.5, 0.6) is 0 Å². The van der Waals surface area contributed by atoms with Crippen molar-refractivity contribution in [3.8, 4) is 0 Å². The summed E-state index contributed by atoms with van der Waals surface area (Å²) >= 11 is 0. The van der Waals surface area contributed by atoms with Crippen molar-refractivity contribution in [3.63, 3.8) is 0 Å². The Hall–Kier alpha value is -3.39. The van der Waals surface area contributed by atoms with Crippen LogP contribution in [0.2, 0.25) is 0 Å². The highest BCUT2D eigenvalue weighted by Gasteiger charge is 2.16. The van der Waals surface area contributed by atoms with E-state index < -0.39 is 0 Å². The second-order valence-electron chi connectivity index (χ2n) is 6.59. The van der Waals surface area contributed by atoms with Gasteiger partial charge in [0.05, 0.1) is 6.10 Å². The van der Waals surface area contributed by atoms with Gasteiger partial charge < -0.3 is 25.1 Å². The summed E-state index contributed by atoms with van der Waals surface area (Å²) in [5.74, 6) is -0.293. The summed E-state index contributed by atoms with van der Waals surface area (Å²) in [7, 11) is 0. The molecular formula is C20H21N5O3. The van der Waals surface area contributed by atoms with Gasteiger partial charge in [0, 0.05) is 36.9 Å². The lowest BCUT2D eigenvalue weighted by Crippen LogP contribution is -2.35. The summed E-state index contributed by atoms with van der Waals surface area (Å²) in [5.41, 5.74) is 2.30. The molecule has 1 aliphatic heterocycles. The average Bonchev–Trinajstić information content (AvgIpc) is 3.37. The Morgan fingerprint density at radius 3 is 2.61 bits per heavy atom. The van der Waals surface area contributed by atoms with E-state index in [1.807, 2.05) is 24.4 Å². The van der Waals surface area contributed by atoms with Crippen LogP contribution in [0.3, 0.4) is 0 Å². The third kappa shape index (κ3) is 4.29. The van der Waals surface area contributed by atoms with Crippen LogP contribution < -0.4 is 16.0 Å². The predicted octanol–water partition coefficient (Wildman–Crippen LogP) is 2.89. The summed E-state index contributed by atoms with van der Waals surface area (Å²) in [6, 6.07) is 12.2. The third-order valence-corrected chi connectivity index (χ3v) is 4.51. The molecule has 0 spiro atoms. The molecule has 1 aliphatic rings. The molecule has 0 radical (unpaired) electrons. The molecule has 1 unspecified atom stereocenters. The number of benzene rings is 1. The van der Waals surface area contributed by atoms with E-state index in [-0.39, 0.29) is 18.0 Å². The fourth-order valence-electron chi connectivity index (χ4n) is 3.06. The van der Waals surface area contributed by atoms with E-state index in [1.54, 1.807) is 34.9 Å². The van der Waals surface area contributed by atoms with Gasteiger partial charge in [0.15, 0.2) is 0 Å². The van der Waals surface area contributed by atoms with Crippen molar-refractivity contribution in [1.82, 2.24) is 14.7 Å². The fraction of sp³-hybridized carbons (Fsp3) is 0.250. The van der Waals surface area contributed by atoms with E-state index in [0.717, 1.165) is 19.4 Å². The molecule has 8 heteroatoms. The quantitative estimate of drug-likeness (QED) is 0.635. The molecular weight excluding hydrogens is 358 g/mol. The molecule has 4 rings (SSSR count). The first kappa shape index (κ1) is 18.0. The molecule has 3 amide bonds. The maximum absolute atomic E-state index is 12.4. The molecule has 0 aliphatic carbocycles. The number of carbonyl (C=O) groups is 2. The number of carbonyl (C=O) groups excluding carboxylic acids is 2. The summed E-state index contributed by atoms with van der Waals surface area (Å²) in [6.07, 6.45) is 5.63. The number of urea groups is 1. The number of hydrogen-bond donors (Lipinski definition) is 3. The molecule has 3 N–H and O–H groups in total. The molecule has 144 valence electrons. The number of imidazole rings is 1. The number of rotatable bonds is 5. The van der Waals surface area contributed by atoms with Crippen molar-refractivity contribution < 1.29 is 14.3 Å². The molecule has 1 aromatic carbocycles. The number of anilines is 2. The molecule has 1 saturated heterocycles. The van der Waals surface area contributed by atoms with E-state index in [4.69, 9.17) is 4.74 Å². The van der Waals surface area contributed by atoms with Crippen LogP contribution in [-0.4, -0.2) is 40.6 Å². The maximum atomic E-state index is 12.4. The van der Waals surface area contributed by atoms with Gasteiger partial charge in [-0.1, -0.05) is 6.07 Å². The zero-order chi connectivity index (χ0) is 19.3. The molecule has 1 atom stereocenters. The summed E-state index contributed by atoms with van der Waals surface area (Å²) in [5, 5.41) is 8.36. The van der Waals surface area contributed by atoms with Crippen molar-refractivity contribution in [2.45, 2.75) is 18.9 Å². The average molecular weight is 379 g/mol. The fourth-order valence-corrected chi connectivity index (χ4v) is 3.06. The van der Waals surface area contributed by atoms with Gasteiger partial charge in [0.2, 0.25) is 0 Å². The van der Waals surface area contributed by atoms with E-state index in [1.165, 1.54) is 0 Å². The number of nitrogens with zero attached hydrogens (tertiary/aromatic N) is 2. The number of amides is 3. The Morgan fingerprint density at radius 1 is 1.11 bits per heavy atom. The highest BCUT2D eigenvalue weighted by atomic mass is 16.5. The van der Waals surface area contributed by atoms with E-state index >= 15 is 0 Å². The van der Waals surface area contributed by atoms with Crippen LogP contribution in [0, 0.1) is 0 Å². The van der Waals surface area contributed by atoms with E-state index in [2.05, 4.69) is 20.9 Å². The SMILES string of the molecule is O=C(NCC1CCCO1)Nc1ccc(NC(=O)c2cn3ccccc3n2)cc1. The normalized spacial score (nSPS) is 16.1. The molecule has 3 aromatic rings. The molecule has 28 heavy (non-hydrogen) atoms. The molecule has 0 bridgehead atoms. The molecule has 8 nitrogen and oxygen atoms in total. The number of ether oxygens (including phenoxy) is 1. The molecule has 1 fully saturated rings. The van der Waals surface area contributed by atoms with Gasteiger partial charge >= 0.3 is 6.03 Å². The Kier molecular flexibility index (Phi) is 5.20. The molecule has 2 aromatic heterocycles. The van der Waals surface area contributed by atoms with Crippen molar-refractivity contribution in [1.29, 1.82) is 0 Å². The van der Waals surface area contributed by atoms with Gasteiger partial charge in [-0.3, -0.25) is 4.79 Å². The maximum Gasteiger partial charge on any atom is 0.319 e. The van der Waals surface area contributed by atoms with Crippen LogP contribution in [0.15, 0.2) is 54.9 Å². The van der Waals surface area contributed by atoms with Gasteiger partial charge in [0.1, 0.15) is 11.3 Å². The first-order valence-electron chi connectivity index (χ1n) is 9.19. The van der Waals surface area contributed by atoms with E-state index in [0.29, 0.717) is 29.3 Å². The van der Waals surface area contributed by atoms with E-state index in [9.17, 15) is 9.59 Å². The smallest absolute Gasteiger partial charge is 0.319 e. The number of pyridine rings is 1. The zero-order valence-corrected chi connectivity index (χ0v) is 15.2. The lowest BCUT2D eigenvalue weighted by atomic mass is 10.2. The minimum Gasteiger partial charge on any atom is -0.376 e. The Morgan fingerprint density at radius 2 is 1.89 bits per heavy atom. The van der Waals surface area contributed by atoms with Crippen molar-refractivity contribution >= 4 is 29.0 Å². The van der Waals surface area contributed by atoms with Crippen LogP contribution in [0.25, 0.3) is 5.65 Å². The highest BCUT2D eigenvalue weighted by Crippen LogP contribution is 2.15. The second kappa shape index (κ2) is 8.10. The lowest BCUT2D eigenvalue weighted by Gasteiger charge is -2.12. The number of aromatic nitrogens is 2. The Bertz CT molecular complexity index is 944. The third-order valence-electron chi connectivity index (χ3n) is 4.51. The zero-order valence-electron chi connectivity index (χ0n) is 15.2. The summed E-state index contributed by atoms with van der Waals surface area (Å²) in [4.78, 5) is 28.6. The van der Waals surface area contributed by atoms with Gasteiger partial charge in [-0.2, -0.15) is 0 Å². The van der Waals surface area contributed by atoms with Gasteiger partial charge in [-0.05, 0) is 49.2 Å². The number of hydrogen-bond acceptors (Lipinski definition) is 4. The first-order chi connectivity index (χ1) is 13.7. The van der Waals surface area contributed by atoms with Gasteiger partial charge in [0.25, 0.3) is 5.91 Å². The topological polar surface area (TPSA) is 96.8 Å². The molecule has 3 heterocycles. The van der Waals surface area contributed by atoms with Crippen molar-refractivity contribution in [2.75, 3.05) is 23.8 Å². The van der Waals surface area contributed by atoms with Crippen LogP contribution in [0.4, 0.5) is 16.2 Å². The van der Waals surface area contributed by atoms with Gasteiger partial charge in [-0.15, -0.1) is 0 Å². The lowest BCUT2D eigenvalue weighted by molar-refractivity contribution is 0.102. The number of fused-ring (bicyclic) bond motifs is 1. The van der Waals surface area contributed by atoms with Crippen LogP contribution >= 0.6 is 0 Å². The van der Waals surface area contributed by atoms with Crippen molar-refractivity contribution in [3.05, 3.63) is 60.6 Å². The van der Waals surface area contributed by atoms with Gasteiger partial charge in [-0.25, -0.2) is 9.78 Å². The first-order valence-corrected chi connectivity index (χ1v) is 9.19. The minimum atomic E-state index is -0.293. The summed E-state index contributed by atoms with van der Waals surface area (Å²) < 4.78 is 7.26. The predicted molar refractivity (Wildman–Crippen MR) is 106 cm³/mol. The Balaban J connectivity index is 1.31. The highest BCUT2D eigenvalue weighted by molar-refractivity contribution is 6.03. The van der Waals surface area contributed by atoms with Crippen molar-refractivity contribution in [2.24, 2.45) is 0 Å². The summed E-state index contributed by atoms with van der Waals surface area (Å²) in [6.45, 7) is 1.26. The van der Waals surface area contributed by atoms with Crippen LogP contribution in [0.1, 0.15) is 23.3 Å².